The predicted molar refractivity (Wildman–Crippen MR) is 122 cm³/mol. The van der Waals surface area contributed by atoms with E-state index >= 15 is 0 Å². The van der Waals surface area contributed by atoms with Gasteiger partial charge in [0.05, 0.1) is 12.3 Å². The average molecular weight is 452 g/mol. The van der Waals surface area contributed by atoms with Crippen molar-refractivity contribution in [3.63, 3.8) is 0 Å². The van der Waals surface area contributed by atoms with Crippen LogP contribution in [0.4, 0.5) is 20.6 Å². The summed E-state index contributed by atoms with van der Waals surface area (Å²) < 4.78 is 20.7. The van der Waals surface area contributed by atoms with Crippen molar-refractivity contribution in [2.75, 3.05) is 17.2 Å². The lowest BCUT2D eigenvalue weighted by Gasteiger charge is -2.10. The molecule has 1 heterocycles. The maximum Gasteiger partial charge on any atom is 0.336 e. The van der Waals surface area contributed by atoms with Crippen molar-refractivity contribution in [2.24, 2.45) is 0 Å². The fourth-order valence-corrected chi connectivity index (χ4v) is 3.21. The van der Waals surface area contributed by atoms with Gasteiger partial charge in [0, 0.05) is 22.0 Å². The molecule has 0 aliphatic rings. The number of hydrogen-bond acceptors (Lipinski definition) is 4. The van der Waals surface area contributed by atoms with Crippen LogP contribution >= 0.6 is 11.6 Å². The van der Waals surface area contributed by atoms with E-state index in [1.165, 1.54) is 12.1 Å². The molecule has 32 heavy (non-hydrogen) atoms. The highest BCUT2D eigenvalue weighted by molar-refractivity contribution is 6.30. The Morgan fingerprint density at radius 1 is 1.03 bits per heavy atom. The minimum Gasteiger partial charge on any atom is -0.463 e. The van der Waals surface area contributed by atoms with Gasteiger partial charge in [-0.3, -0.25) is 0 Å². The first-order valence-corrected chi connectivity index (χ1v) is 10.2. The summed E-state index contributed by atoms with van der Waals surface area (Å²) >= 11 is 5.94. The van der Waals surface area contributed by atoms with Crippen LogP contribution in [0.5, 0.6) is 6.01 Å². The molecule has 0 radical (unpaired) electrons. The zero-order valence-electron chi connectivity index (χ0n) is 17.0. The number of benzene rings is 3. The molecule has 0 saturated heterocycles. The Morgan fingerprint density at radius 2 is 1.78 bits per heavy atom. The normalized spacial score (nSPS) is 10.6. The number of hydrogen-bond donors (Lipinski definition) is 2. The fraction of sp³-hybridized carbons (Fsp3) is 0.0870. The minimum atomic E-state index is -0.403. The lowest BCUT2D eigenvalue weighted by Crippen LogP contribution is -2.19. The van der Waals surface area contributed by atoms with Crippen LogP contribution in [-0.4, -0.2) is 27.4 Å². The van der Waals surface area contributed by atoms with Gasteiger partial charge in [0.1, 0.15) is 5.82 Å². The van der Waals surface area contributed by atoms with E-state index in [-0.39, 0.29) is 11.8 Å². The van der Waals surface area contributed by atoms with E-state index in [9.17, 15) is 9.18 Å². The summed E-state index contributed by atoms with van der Waals surface area (Å²) in [7, 11) is 0. The first-order chi connectivity index (χ1) is 15.5. The van der Waals surface area contributed by atoms with E-state index in [0.717, 1.165) is 0 Å². The largest absolute Gasteiger partial charge is 0.463 e. The summed E-state index contributed by atoms with van der Waals surface area (Å²) in [6.07, 6.45) is 0. The number of aromatic nitrogens is 3. The van der Waals surface area contributed by atoms with E-state index in [4.69, 9.17) is 16.3 Å². The number of rotatable bonds is 6. The molecule has 1 aromatic heterocycles. The van der Waals surface area contributed by atoms with Gasteiger partial charge in [-0.25, -0.2) is 13.9 Å². The number of halogens is 2. The Morgan fingerprint density at radius 3 is 2.50 bits per heavy atom. The Hall–Kier alpha value is -3.91. The highest BCUT2D eigenvalue weighted by Gasteiger charge is 2.15. The molecule has 3 aromatic carbocycles. The SMILES string of the molecule is CCOc1nc(-c2cccc(F)c2)n(-c2ccc(NC(=O)Nc3cccc(Cl)c3)cc2)n1. The molecule has 2 N–H and O–H groups in total. The molecule has 9 heteroatoms. The van der Waals surface area contributed by atoms with Gasteiger partial charge in [0.2, 0.25) is 0 Å². The zero-order chi connectivity index (χ0) is 22.5. The first-order valence-electron chi connectivity index (χ1n) is 9.81. The quantitative estimate of drug-likeness (QED) is 0.390. The first kappa shape index (κ1) is 21.3. The van der Waals surface area contributed by atoms with Gasteiger partial charge < -0.3 is 15.4 Å². The van der Waals surface area contributed by atoms with Gasteiger partial charge >= 0.3 is 12.0 Å². The van der Waals surface area contributed by atoms with Crippen molar-refractivity contribution in [1.82, 2.24) is 14.8 Å². The maximum absolute atomic E-state index is 13.8. The highest BCUT2D eigenvalue weighted by atomic mass is 35.5. The van der Waals surface area contributed by atoms with Gasteiger partial charge in [0.25, 0.3) is 0 Å². The van der Waals surface area contributed by atoms with Crippen molar-refractivity contribution in [2.45, 2.75) is 6.92 Å². The fourth-order valence-electron chi connectivity index (χ4n) is 3.02. The van der Waals surface area contributed by atoms with Gasteiger partial charge in [0.15, 0.2) is 5.82 Å². The van der Waals surface area contributed by atoms with Crippen LogP contribution in [0, 0.1) is 5.82 Å². The lowest BCUT2D eigenvalue weighted by molar-refractivity contribution is 0.262. The molecule has 4 rings (SSSR count). The topological polar surface area (TPSA) is 81.1 Å². The average Bonchev–Trinajstić information content (AvgIpc) is 3.18. The Balaban J connectivity index is 1.55. The molecule has 0 atom stereocenters. The molecule has 0 spiro atoms. The standard InChI is InChI=1S/C23H19ClFN5O2/c1-2-32-23-28-21(15-5-3-7-17(25)13-15)30(29-23)20-11-9-18(10-12-20)26-22(31)27-19-8-4-6-16(24)14-19/h3-14H,2H2,1H3,(H2,26,27,31). The van der Waals surface area contributed by atoms with Crippen molar-refractivity contribution >= 4 is 29.0 Å². The van der Waals surface area contributed by atoms with Gasteiger partial charge in [-0.15, -0.1) is 5.10 Å². The molecule has 0 unspecified atom stereocenters. The number of urea groups is 1. The summed E-state index contributed by atoms with van der Waals surface area (Å²) in [5, 5.41) is 10.4. The third kappa shape index (κ3) is 5.04. The molecule has 7 nitrogen and oxygen atoms in total. The summed E-state index contributed by atoms with van der Waals surface area (Å²) in [6, 6.07) is 19.7. The van der Waals surface area contributed by atoms with Crippen molar-refractivity contribution < 1.29 is 13.9 Å². The molecule has 4 aromatic rings. The van der Waals surface area contributed by atoms with Crippen molar-refractivity contribution in [1.29, 1.82) is 0 Å². The molecule has 0 bridgehead atoms. The number of ether oxygens (including phenoxy) is 1. The second-order valence-corrected chi connectivity index (χ2v) is 7.15. The molecule has 0 aliphatic carbocycles. The molecule has 2 amide bonds. The summed E-state index contributed by atoms with van der Waals surface area (Å²) in [4.78, 5) is 16.6. The third-order valence-electron chi connectivity index (χ3n) is 4.40. The zero-order valence-corrected chi connectivity index (χ0v) is 17.8. The number of carbonyl (C=O) groups is 1. The maximum atomic E-state index is 13.8. The van der Waals surface area contributed by atoms with Crippen LogP contribution in [-0.2, 0) is 0 Å². The summed E-state index contributed by atoms with van der Waals surface area (Å²) in [6.45, 7) is 2.23. The van der Waals surface area contributed by atoms with Crippen LogP contribution in [0.1, 0.15) is 6.92 Å². The number of anilines is 2. The highest BCUT2D eigenvalue weighted by Crippen LogP contribution is 2.25. The van der Waals surface area contributed by atoms with Crippen molar-refractivity contribution in [3.05, 3.63) is 83.6 Å². The number of carbonyl (C=O) groups excluding carboxylic acids is 1. The molecule has 0 aliphatic heterocycles. The molecule has 0 saturated carbocycles. The monoisotopic (exact) mass is 451 g/mol. The van der Waals surface area contributed by atoms with E-state index in [2.05, 4.69) is 20.7 Å². The Kier molecular flexibility index (Phi) is 6.32. The van der Waals surface area contributed by atoms with Gasteiger partial charge in [-0.05, 0) is 61.5 Å². The van der Waals surface area contributed by atoms with Crippen LogP contribution in [0.15, 0.2) is 72.8 Å². The van der Waals surface area contributed by atoms with E-state index in [1.54, 1.807) is 65.3 Å². The lowest BCUT2D eigenvalue weighted by atomic mass is 10.2. The van der Waals surface area contributed by atoms with Crippen LogP contribution < -0.4 is 15.4 Å². The second kappa shape index (κ2) is 9.49. The second-order valence-electron chi connectivity index (χ2n) is 6.71. The molecular formula is C23H19ClFN5O2. The van der Waals surface area contributed by atoms with Crippen LogP contribution in [0.3, 0.4) is 0 Å². The third-order valence-corrected chi connectivity index (χ3v) is 4.63. The van der Waals surface area contributed by atoms with Crippen LogP contribution in [0.2, 0.25) is 5.02 Å². The predicted octanol–water partition coefficient (Wildman–Crippen LogP) is 5.77. The van der Waals surface area contributed by atoms with E-state index < -0.39 is 6.03 Å². The van der Waals surface area contributed by atoms with Crippen molar-refractivity contribution in [3.8, 4) is 23.1 Å². The molecule has 162 valence electrons. The van der Waals surface area contributed by atoms with Gasteiger partial charge in [-0.2, -0.15) is 4.98 Å². The number of nitrogens with zero attached hydrogens (tertiary/aromatic N) is 3. The van der Waals surface area contributed by atoms with Gasteiger partial charge in [-0.1, -0.05) is 29.8 Å². The number of amides is 2. The number of nitrogens with one attached hydrogen (secondary N) is 2. The summed E-state index contributed by atoms with van der Waals surface area (Å²) in [5.41, 5.74) is 2.39. The van der Waals surface area contributed by atoms with Crippen LogP contribution in [0.25, 0.3) is 17.1 Å². The Bertz CT molecular complexity index is 1240. The molecule has 0 fully saturated rings. The molecular weight excluding hydrogens is 433 g/mol. The Labute approximate surface area is 188 Å². The summed E-state index contributed by atoms with van der Waals surface area (Å²) in [5.74, 6) is 0.0626. The smallest absolute Gasteiger partial charge is 0.336 e. The van der Waals surface area contributed by atoms with E-state index in [1.807, 2.05) is 6.92 Å². The minimum absolute atomic E-state index is 0.190. The van der Waals surface area contributed by atoms with E-state index in [0.29, 0.717) is 40.1 Å².